The monoisotopic (exact) mass is 253 g/mol. The summed E-state index contributed by atoms with van der Waals surface area (Å²) in [5.41, 5.74) is 7.76. The molecule has 0 unspecified atom stereocenters. The highest BCUT2D eigenvalue weighted by atomic mass is 19.3. The van der Waals surface area contributed by atoms with Gasteiger partial charge >= 0.3 is 0 Å². The number of hydrogen-bond donors (Lipinski definition) is 1. The van der Waals surface area contributed by atoms with E-state index in [9.17, 15) is 13.6 Å². The fourth-order valence-corrected chi connectivity index (χ4v) is 2.37. The Morgan fingerprint density at radius 2 is 1.94 bits per heavy atom. The third-order valence-corrected chi connectivity index (χ3v) is 3.64. The molecular weight excluding hydrogens is 236 g/mol. The van der Waals surface area contributed by atoms with Gasteiger partial charge in [-0.05, 0) is 43.5 Å². The fourth-order valence-electron chi connectivity index (χ4n) is 2.37. The van der Waals surface area contributed by atoms with Crippen LogP contribution >= 0.6 is 0 Å². The average molecular weight is 253 g/mol. The van der Waals surface area contributed by atoms with Gasteiger partial charge in [0.15, 0.2) is 5.78 Å². The molecule has 1 saturated carbocycles. The van der Waals surface area contributed by atoms with Gasteiger partial charge in [0, 0.05) is 30.0 Å². The largest absolute Gasteiger partial charge is 0.399 e. The Morgan fingerprint density at radius 3 is 2.50 bits per heavy atom. The van der Waals surface area contributed by atoms with Gasteiger partial charge in [0.2, 0.25) is 5.92 Å². The van der Waals surface area contributed by atoms with Crippen LogP contribution in [0, 0.1) is 12.8 Å². The molecule has 0 aromatic heterocycles. The van der Waals surface area contributed by atoms with Gasteiger partial charge < -0.3 is 5.73 Å². The first-order valence-corrected chi connectivity index (χ1v) is 6.17. The van der Waals surface area contributed by atoms with Gasteiger partial charge in [-0.25, -0.2) is 8.78 Å². The summed E-state index contributed by atoms with van der Waals surface area (Å²) in [6.07, 6.45) is 0.180. The molecule has 0 bridgehead atoms. The van der Waals surface area contributed by atoms with E-state index < -0.39 is 5.92 Å². The molecule has 0 amide bonds. The van der Waals surface area contributed by atoms with Crippen LogP contribution in [-0.4, -0.2) is 11.7 Å². The second-order valence-corrected chi connectivity index (χ2v) is 5.07. The van der Waals surface area contributed by atoms with Crippen LogP contribution in [0.3, 0.4) is 0 Å². The minimum Gasteiger partial charge on any atom is -0.399 e. The lowest BCUT2D eigenvalue weighted by molar-refractivity contribution is -0.0424. The van der Waals surface area contributed by atoms with Crippen LogP contribution in [-0.2, 0) is 0 Å². The molecule has 0 spiro atoms. The van der Waals surface area contributed by atoms with E-state index in [0.717, 1.165) is 5.56 Å². The first-order valence-electron chi connectivity index (χ1n) is 6.17. The Bertz CT molecular complexity index is 461. The van der Waals surface area contributed by atoms with E-state index >= 15 is 0 Å². The van der Waals surface area contributed by atoms with E-state index in [0.29, 0.717) is 11.3 Å². The van der Waals surface area contributed by atoms with Crippen molar-refractivity contribution in [3.8, 4) is 0 Å². The zero-order chi connectivity index (χ0) is 13.3. The summed E-state index contributed by atoms with van der Waals surface area (Å²) in [6.45, 7) is 1.83. The highest BCUT2D eigenvalue weighted by Crippen LogP contribution is 2.37. The Labute approximate surface area is 105 Å². The molecule has 0 heterocycles. The van der Waals surface area contributed by atoms with E-state index in [1.165, 1.54) is 0 Å². The van der Waals surface area contributed by atoms with Gasteiger partial charge in [-0.1, -0.05) is 0 Å². The Balaban J connectivity index is 2.10. The van der Waals surface area contributed by atoms with Gasteiger partial charge in [-0.2, -0.15) is 0 Å². The quantitative estimate of drug-likeness (QED) is 0.646. The van der Waals surface area contributed by atoms with Gasteiger partial charge in [0.1, 0.15) is 0 Å². The molecule has 0 saturated heterocycles. The highest BCUT2D eigenvalue weighted by molar-refractivity contribution is 5.98. The van der Waals surface area contributed by atoms with Crippen molar-refractivity contribution in [2.24, 2.45) is 5.92 Å². The number of rotatable bonds is 2. The number of anilines is 1. The predicted octanol–water partition coefficient (Wildman–Crippen LogP) is 3.59. The molecule has 18 heavy (non-hydrogen) atoms. The van der Waals surface area contributed by atoms with Gasteiger partial charge in [-0.3, -0.25) is 4.79 Å². The van der Waals surface area contributed by atoms with E-state index in [1.807, 2.05) is 6.92 Å². The molecule has 1 fully saturated rings. The van der Waals surface area contributed by atoms with Crippen molar-refractivity contribution >= 4 is 11.5 Å². The van der Waals surface area contributed by atoms with Crippen molar-refractivity contribution in [3.05, 3.63) is 29.3 Å². The molecule has 2 rings (SSSR count). The number of Topliss-reactive ketones (excluding diaryl/α,β-unsaturated/α-hetero) is 1. The van der Waals surface area contributed by atoms with Crippen molar-refractivity contribution in [2.75, 3.05) is 5.73 Å². The smallest absolute Gasteiger partial charge is 0.248 e. The minimum atomic E-state index is -2.59. The van der Waals surface area contributed by atoms with Crippen molar-refractivity contribution in [2.45, 2.75) is 38.5 Å². The van der Waals surface area contributed by atoms with Crippen molar-refractivity contribution in [1.29, 1.82) is 0 Å². The van der Waals surface area contributed by atoms with Gasteiger partial charge in [0.25, 0.3) is 0 Å². The van der Waals surface area contributed by atoms with Gasteiger partial charge in [0.05, 0.1) is 0 Å². The molecule has 2 nitrogen and oxygen atoms in total. The van der Waals surface area contributed by atoms with Crippen LogP contribution in [0.25, 0.3) is 0 Å². The summed E-state index contributed by atoms with van der Waals surface area (Å²) < 4.78 is 26.1. The van der Waals surface area contributed by atoms with Crippen LogP contribution in [0.4, 0.5) is 14.5 Å². The molecule has 0 atom stereocenters. The second kappa shape index (κ2) is 4.67. The summed E-state index contributed by atoms with van der Waals surface area (Å²) in [7, 11) is 0. The molecule has 0 aliphatic heterocycles. The first-order chi connectivity index (χ1) is 8.39. The van der Waals surface area contributed by atoms with Crippen LogP contribution in [0.5, 0.6) is 0 Å². The molecule has 1 aliphatic carbocycles. The van der Waals surface area contributed by atoms with Crippen LogP contribution in [0.15, 0.2) is 18.2 Å². The Morgan fingerprint density at radius 1 is 1.33 bits per heavy atom. The summed E-state index contributed by atoms with van der Waals surface area (Å²) in [5.74, 6) is -2.89. The summed E-state index contributed by atoms with van der Waals surface area (Å²) in [6, 6.07) is 5.11. The number of alkyl halides is 2. The molecule has 1 aromatic rings. The van der Waals surface area contributed by atoms with E-state index in [4.69, 9.17) is 5.73 Å². The van der Waals surface area contributed by atoms with Crippen LogP contribution < -0.4 is 5.73 Å². The van der Waals surface area contributed by atoms with Crippen molar-refractivity contribution in [1.82, 2.24) is 0 Å². The lowest BCUT2D eigenvalue weighted by Crippen LogP contribution is -2.28. The average Bonchev–Trinajstić information content (AvgIpc) is 2.32. The molecule has 1 aliphatic rings. The predicted molar refractivity (Wildman–Crippen MR) is 66.8 cm³/mol. The lowest BCUT2D eigenvalue weighted by Gasteiger charge is -2.27. The number of benzene rings is 1. The normalized spacial score (nSPS) is 19.7. The maximum atomic E-state index is 13.0. The third-order valence-electron chi connectivity index (χ3n) is 3.64. The lowest BCUT2D eigenvalue weighted by atomic mass is 9.82. The Hall–Kier alpha value is -1.45. The standard InChI is InChI=1S/C14H17F2NO/c1-9-8-11(2-3-12(9)17)13(18)10-4-6-14(15,16)7-5-10/h2-3,8,10H,4-7,17H2,1H3. The highest BCUT2D eigenvalue weighted by Gasteiger charge is 2.37. The minimum absolute atomic E-state index is 0.0337. The molecule has 2 N–H and O–H groups in total. The van der Waals surface area contributed by atoms with Gasteiger partial charge in [-0.15, -0.1) is 0 Å². The number of hydrogen-bond acceptors (Lipinski definition) is 2. The van der Waals surface area contributed by atoms with E-state index in [1.54, 1.807) is 18.2 Å². The van der Waals surface area contributed by atoms with Crippen LogP contribution in [0.1, 0.15) is 41.6 Å². The summed E-state index contributed by atoms with van der Waals surface area (Å²) >= 11 is 0. The van der Waals surface area contributed by atoms with E-state index in [-0.39, 0.29) is 37.4 Å². The Kier molecular flexibility index (Phi) is 3.37. The zero-order valence-corrected chi connectivity index (χ0v) is 10.4. The number of ketones is 1. The molecule has 4 heteroatoms. The van der Waals surface area contributed by atoms with E-state index in [2.05, 4.69) is 0 Å². The number of nitrogens with two attached hydrogens (primary N) is 1. The SMILES string of the molecule is Cc1cc(C(=O)C2CCC(F)(F)CC2)ccc1N. The molecule has 98 valence electrons. The summed E-state index contributed by atoms with van der Waals surface area (Å²) in [4.78, 5) is 12.2. The number of nitrogen functional groups attached to an aromatic ring is 1. The topological polar surface area (TPSA) is 43.1 Å². The second-order valence-electron chi connectivity index (χ2n) is 5.07. The zero-order valence-electron chi connectivity index (χ0n) is 10.4. The number of aryl methyl sites for hydroxylation is 1. The number of halogens is 2. The third kappa shape index (κ3) is 2.68. The van der Waals surface area contributed by atoms with Crippen LogP contribution in [0.2, 0.25) is 0 Å². The maximum Gasteiger partial charge on any atom is 0.248 e. The first kappa shape index (κ1) is 13.0. The molecule has 1 aromatic carbocycles. The van der Waals surface area contributed by atoms with Crippen molar-refractivity contribution < 1.29 is 13.6 Å². The molecular formula is C14H17F2NO. The van der Waals surface area contributed by atoms with Crippen molar-refractivity contribution in [3.63, 3.8) is 0 Å². The maximum absolute atomic E-state index is 13.0. The summed E-state index contributed by atoms with van der Waals surface area (Å²) in [5, 5.41) is 0. The fraction of sp³-hybridized carbons (Fsp3) is 0.500. The number of carbonyl (C=O) groups is 1. The molecule has 0 radical (unpaired) electrons. The number of carbonyl (C=O) groups excluding carboxylic acids is 1.